The van der Waals surface area contributed by atoms with Crippen LogP contribution in [0, 0.1) is 12.8 Å². The van der Waals surface area contributed by atoms with Crippen LogP contribution in [0.4, 0.5) is 5.13 Å². The lowest BCUT2D eigenvalue weighted by Gasteiger charge is -2.22. The highest BCUT2D eigenvalue weighted by Gasteiger charge is 2.31. The number of nitrogens with zero attached hydrogens (tertiary/aromatic N) is 2. The van der Waals surface area contributed by atoms with Gasteiger partial charge in [-0.3, -0.25) is 0 Å². The molecule has 1 fully saturated rings. The summed E-state index contributed by atoms with van der Waals surface area (Å²) in [6, 6.07) is 0.760. The molecule has 4 heteroatoms. The molecule has 114 valence electrons. The van der Waals surface area contributed by atoms with Crippen LogP contribution in [0.5, 0.6) is 0 Å². The number of rotatable bonds is 9. The summed E-state index contributed by atoms with van der Waals surface area (Å²) in [5.74, 6) is 0.767. The Morgan fingerprint density at radius 1 is 1.40 bits per heavy atom. The van der Waals surface area contributed by atoms with E-state index in [4.69, 9.17) is 4.98 Å². The Kier molecular flexibility index (Phi) is 5.85. The third-order valence-corrected chi connectivity index (χ3v) is 4.97. The summed E-state index contributed by atoms with van der Waals surface area (Å²) in [4.78, 5) is 8.80. The van der Waals surface area contributed by atoms with Crippen LogP contribution < -0.4 is 10.2 Å². The van der Waals surface area contributed by atoms with Crippen LogP contribution in [-0.2, 0) is 6.54 Å². The van der Waals surface area contributed by atoms with Gasteiger partial charge in [0.1, 0.15) is 0 Å². The van der Waals surface area contributed by atoms with Gasteiger partial charge in [-0.05, 0) is 45.1 Å². The summed E-state index contributed by atoms with van der Waals surface area (Å²) in [6.45, 7) is 12.2. The Balaban J connectivity index is 1.99. The lowest BCUT2D eigenvalue weighted by atomic mass is 10.1. The number of aromatic nitrogens is 1. The molecule has 0 saturated heterocycles. The average Bonchev–Trinajstić information content (AvgIpc) is 3.15. The second-order valence-corrected chi connectivity index (χ2v) is 7.35. The average molecular weight is 295 g/mol. The fourth-order valence-corrected chi connectivity index (χ4v) is 3.42. The second-order valence-electron chi connectivity index (χ2n) is 6.29. The number of aryl methyl sites for hydroxylation is 1. The first-order valence-electron chi connectivity index (χ1n) is 8.05. The van der Waals surface area contributed by atoms with Crippen molar-refractivity contribution in [3.05, 3.63) is 10.6 Å². The van der Waals surface area contributed by atoms with E-state index in [2.05, 4.69) is 37.9 Å². The summed E-state index contributed by atoms with van der Waals surface area (Å²) in [5.41, 5.74) is 1.21. The number of hydrogen-bond acceptors (Lipinski definition) is 4. The van der Waals surface area contributed by atoms with Gasteiger partial charge in [-0.15, -0.1) is 11.3 Å². The molecule has 3 nitrogen and oxygen atoms in total. The van der Waals surface area contributed by atoms with Crippen molar-refractivity contribution in [2.75, 3.05) is 18.0 Å². The summed E-state index contributed by atoms with van der Waals surface area (Å²) < 4.78 is 0. The highest BCUT2D eigenvalue weighted by Crippen LogP contribution is 2.35. The van der Waals surface area contributed by atoms with Gasteiger partial charge in [0.25, 0.3) is 0 Å². The third-order valence-electron chi connectivity index (χ3n) is 3.77. The SMILES string of the molecule is CCCNCc1sc(N(CCC(C)C)C2CC2)nc1C. The molecule has 1 aromatic heterocycles. The van der Waals surface area contributed by atoms with E-state index in [0.29, 0.717) is 0 Å². The zero-order valence-electron chi connectivity index (χ0n) is 13.4. The molecule has 0 bridgehead atoms. The zero-order chi connectivity index (χ0) is 14.5. The minimum atomic E-state index is 0.760. The van der Waals surface area contributed by atoms with Crippen LogP contribution in [-0.4, -0.2) is 24.1 Å². The lowest BCUT2D eigenvalue weighted by molar-refractivity contribution is 0.570. The van der Waals surface area contributed by atoms with Crippen molar-refractivity contribution in [3.63, 3.8) is 0 Å². The van der Waals surface area contributed by atoms with E-state index in [1.807, 2.05) is 11.3 Å². The van der Waals surface area contributed by atoms with Gasteiger partial charge >= 0.3 is 0 Å². The molecule has 1 saturated carbocycles. The molecule has 20 heavy (non-hydrogen) atoms. The van der Waals surface area contributed by atoms with Gasteiger partial charge < -0.3 is 10.2 Å². The van der Waals surface area contributed by atoms with Crippen LogP contribution in [0.1, 0.15) is 57.0 Å². The van der Waals surface area contributed by atoms with Gasteiger partial charge in [0.15, 0.2) is 5.13 Å². The Labute approximate surface area is 127 Å². The topological polar surface area (TPSA) is 28.2 Å². The predicted octanol–water partition coefficient (Wildman–Crippen LogP) is 3.97. The molecule has 1 N–H and O–H groups in total. The van der Waals surface area contributed by atoms with E-state index in [1.165, 1.54) is 41.4 Å². The smallest absolute Gasteiger partial charge is 0.186 e. The van der Waals surface area contributed by atoms with Gasteiger partial charge in [-0.1, -0.05) is 20.8 Å². The van der Waals surface area contributed by atoms with Crippen molar-refractivity contribution in [2.45, 2.75) is 66.0 Å². The molecule has 0 radical (unpaired) electrons. The van der Waals surface area contributed by atoms with Gasteiger partial charge in [0.2, 0.25) is 0 Å². The molecule has 0 aliphatic heterocycles. The van der Waals surface area contributed by atoms with E-state index < -0.39 is 0 Å². The molecule has 0 aromatic carbocycles. The van der Waals surface area contributed by atoms with E-state index in [-0.39, 0.29) is 0 Å². The Morgan fingerprint density at radius 2 is 2.15 bits per heavy atom. The molecule has 1 heterocycles. The van der Waals surface area contributed by atoms with E-state index in [9.17, 15) is 0 Å². The van der Waals surface area contributed by atoms with Crippen molar-refractivity contribution < 1.29 is 0 Å². The van der Waals surface area contributed by atoms with Gasteiger partial charge in [0, 0.05) is 24.0 Å². The predicted molar refractivity (Wildman–Crippen MR) is 88.7 cm³/mol. The monoisotopic (exact) mass is 295 g/mol. The first-order chi connectivity index (χ1) is 9.61. The van der Waals surface area contributed by atoms with Crippen molar-refractivity contribution >= 4 is 16.5 Å². The quantitative estimate of drug-likeness (QED) is 0.699. The Bertz CT molecular complexity index is 410. The van der Waals surface area contributed by atoms with Crippen molar-refractivity contribution in [3.8, 4) is 0 Å². The van der Waals surface area contributed by atoms with Gasteiger partial charge in [-0.25, -0.2) is 4.98 Å². The van der Waals surface area contributed by atoms with Crippen LogP contribution in [0.3, 0.4) is 0 Å². The van der Waals surface area contributed by atoms with E-state index in [0.717, 1.165) is 31.6 Å². The largest absolute Gasteiger partial charge is 0.345 e. The maximum atomic E-state index is 4.83. The Hall–Kier alpha value is -0.610. The molecular formula is C16H29N3S. The minimum absolute atomic E-state index is 0.760. The Morgan fingerprint density at radius 3 is 2.75 bits per heavy atom. The summed E-state index contributed by atoms with van der Waals surface area (Å²) in [7, 11) is 0. The maximum absolute atomic E-state index is 4.83. The summed E-state index contributed by atoms with van der Waals surface area (Å²) in [6.07, 6.45) is 5.14. The van der Waals surface area contributed by atoms with Crippen LogP contribution in [0.25, 0.3) is 0 Å². The first-order valence-corrected chi connectivity index (χ1v) is 8.87. The van der Waals surface area contributed by atoms with Gasteiger partial charge in [-0.2, -0.15) is 0 Å². The molecular weight excluding hydrogens is 266 g/mol. The third kappa shape index (κ3) is 4.45. The molecule has 0 amide bonds. The van der Waals surface area contributed by atoms with Crippen molar-refractivity contribution in [1.82, 2.24) is 10.3 Å². The van der Waals surface area contributed by atoms with Crippen LogP contribution >= 0.6 is 11.3 Å². The fourth-order valence-electron chi connectivity index (χ4n) is 2.30. The lowest BCUT2D eigenvalue weighted by Crippen LogP contribution is -2.27. The second kappa shape index (κ2) is 7.41. The molecule has 2 rings (SSSR count). The first kappa shape index (κ1) is 15.8. The normalized spacial score (nSPS) is 15.1. The summed E-state index contributed by atoms with van der Waals surface area (Å²) >= 11 is 1.89. The molecule has 0 atom stereocenters. The number of anilines is 1. The number of thiazole rings is 1. The standard InChI is InChI=1S/C16H29N3S/c1-5-9-17-11-15-13(4)18-16(20-15)19(14-6-7-14)10-8-12(2)3/h12,14,17H,5-11H2,1-4H3. The van der Waals surface area contributed by atoms with Crippen molar-refractivity contribution in [2.24, 2.45) is 5.92 Å². The minimum Gasteiger partial charge on any atom is -0.345 e. The van der Waals surface area contributed by atoms with Crippen LogP contribution in [0.2, 0.25) is 0 Å². The maximum Gasteiger partial charge on any atom is 0.186 e. The molecule has 1 aliphatic rings. The van der Waals surface area contributed by atoms with Crippen molar-refractivity contribution in [1.29, 1.82) is 0 Å². The van der Waals surface area contributed by atoms with Crippen LogP contribution in [0.15, 0.2) is 0 Å². The summed E-state index contributed by atoms with van der Waals surface area (Å²) in [5, 5.41) is 4.74. The van der Waals surface area contributed by atoms with E-state index in [1.54, 1.807) is 0 Å². The highest BCUT2D eigenvalue weighted by atomic mass is 32.1. The molecule has 0 unspecified atom stereocenters. The molecule has 1 aliphatic carbocycles. The van der Waals surface area contributed by atoms with Gasteiger partial charge in [0.05, 0.1) is 5.69 Å². The number of nitrogens with one attached hydrogen (secondary N) is 1. The fraction of sp³-hybridized carbons (Fsp3) is 0.812. The highest BCUT2D eigenvalue weighted by molar-refractivity contribution is 7.15. The zero-order valence-corrected chi connectivity index (χ0v) is 14.2. The molecule has 1 aromatic rings. The molecule has 0 spiro atoms. The van der Waals surface area contributed by atoms with E-state index >= 15 is 0 Å². The number of hydrogen-bond donors (Lipinski definition) is 1.